The fourth-order valence-corrected chi connectivity index (χ4v) is 3.62. The van der Waals surface area contributed by atoms with Gasteiger partial charge in [-0.1, -0.05) is 18.2 Å². The van der Waals surface area contributed by atoms with Gasteiger partial charge < -0.3 is 10.1 Å². The number of nitrogens with one attached hydrogen (secondary N) is 1. The number of hydrogen-bond acceptors (Lipinski definition) is 4. The van der Waals surface area contributed by atoms with Crippen molar-refractivity contribution in [2.24, 2.45) is 0 Å². The number of benzene rings is 2. The Morgan fingerprint density at radius 1 is 1.05 bits per heavy atom. The summed E-state index contributed by atoms with van der Waals surface area (Å²) in [5.41, 5.74) is 0.0650. The van der Waals surface area contributed by atoms with E-state index < -0.39 is 0 Å². The highest BCUT2D eigenvalue weighted by molar-refractivity contribution is 7.24. The molecule has 3 rings (SSSR count). The van der Waals surface area contributed by atoms with Gasteiger partial charge in [0.1, 0.15) is 5.75 Å². The Bertz CT molecular complexity index is 841. The first-order valence-electron chi connectivity index (χ1n) is 7.53. The lowest BCUT2D eigenvalue weighted by atomic mass is 10.1. The van der Waals surface area contributed by atoms with E-state index in [0.29, 0.717) is 17.7 Å². The third kappa shape index (κ3) is 2.98. The zero-order chi connectivity index (χ0) is 15.4. The summed E-state index contributed by atoms with van der Waals surface area (Å²) in [6.45, 7) is 1.62. The van der Waals surface area contributed by atoms with Gasteiger partial charge in [-0.25, -0.2) is 0 Å². The molecule has 4 heteroatoms. The first kappa shape index (κ1) is 15.0. The van der Waals surface area contributed by atoms with E-state index >= 15 is 0 Å². The van der Waals surface area contributed by atoms with Crippen LogP contribution in [0.25, 0.3) is 20.2 Å². The molecule has 1 aromatic heterocycles. The van der Waals surface area contributed by atoms with Gasteiger partial charge in [0.05, 0.1) is 12.0 Å². The number of unbranched alkanes of at least 4 members (excludes halogenated alkanes) is 1. The van der Waals surface area contributed by atoms with Gasteiger partial charge in [0.15, 0.2) is 5.43 Å². The van der Waals surface area contributed by atoms with Crippen molar-refractivity contribution in [3.8, 4) is 5.75 Å². The molecule has 0 aliphatic carbocycles. The monoisotopic (exact) mass is 313 g/mol. The van der Waals surface area contributed by atoms with Gasteiger partial charge in [-0.15, -0.1) is 11.3 Å². The van der Waals surface area contributed by atoms with E-state index in [1.807, 2.05) is 49.5 Å². The second kappa shape index (κ2) is 6.90. The molecule has 0 spiro atoms. The van der Waals surface area contributed by atoms with Gasteiger partial charge in [0.25, 0.3) is 0 Å². The van der Waals surface area contributed by atoms with Crippen LogP contribution in [0.5, 0.6) is 5.75 Å². The van der Waals surface area contributed by atoms with Gasteiger partial charge in [-0.2, -0.15) is 0 Å². The number of fused-ring (bicyclic) bond motifs is 2. The first-order chi connectivity index (χ1) is 10.8. The maximum atomic E-state index is 12.8. The fraction of sp³-hybridized carbons (Fsp3) is 0.278. The molecule has 3 nitrogen and oxygen atoms in total. The molecule has 0 radical (unpaired) electrons. The average molecular weight is 313 g/mol. The summed E-state index contributed by atoms with van der Waals surface area (Å²) in [5.74, 6) is 0.703. The maximum absolute atomic E-state index is 12.8. The molecular formula is C18H19NO2S. The van der Waals surface area contributed by atoms with E-state index in [4.69, 9.17) is 4.74 Å². The van der Waals surface area contributed by atoms with Crippen LogP contribution in [-0.2, 0) is 0 Å². The van der Waals surface area contributed by atoms with Crippen LogP contribution in [-0.4, -0.2) is 20.2 Å². The van der Waals surface area contributed by atoms with E-state index in [2.05, 4.69) is 5.32 Å². The zero-order valence-electron chi connectivity index (χ0n) is 12.6. The van der Waals surface area contributed by atoms with Crippen LogP contribution in [0.15, 0.2) is 47.3 Å². The predicted molar refractivity (Wildman–Crippen MR) is 94.3 cm³/mol. The maximum Gasteiger partial charge on any atom is 0.199 e. The van der Waals surface area contributed by atoms with Gasteiger partial charge >= 0.3 is 0 Å². The molecule has 0 fully saturated rings. The third-order valence-corrected chi connectivity index (χ3v) is 4.78. The highest BCUT2D eigenvalue weighted by atomic mass is 32.1. The second-order valence-electron chi connectivity index (χ2n) is 5.22. The van der Waals surface area contributed by atoms with Crippen molar-refractivity contribution in [2.45, 2.75) is 12.8 Å². The van der Waals surface area contributed by atoms with Crippen molar-refractivity contribution in [2.75, 3.05) is 20.2 Å². The molecule has 114 valence electrons. The molecule has 1 N–H and O–H groups in total. The van der Waals surface area contributed by atoms with Crippen molar-refractivity contribution in [1.82, 2.24) is 5.32 Å². The van der Waals surface area contributed by atoms with Crippen LogP contribution in [0.4, 0.5) is 0 Å². The molecular weight excluding hydrogens is 294 g/mol. The number of ether oxygens (including phenoxy) is 1. The molecule has 2 aromatic carbocycles. The molecule has 0 bridgehead atoms. The highest BCUT2D eigenvalue weighted by Crippen LogP contribution is 2.30. The normalized spacial score (nSPS) is 11.1. The minimum Gasteiger partial charge on any atom is -0.493 e. The second-order valence-corrected chi connectivity index (χ2v) is 6.30. The van der Waals surface area contributed by atoms with Crippen LogP contribution in [0, 0.1) is 0 Å². The topological polar surface area (TPSA) is 38.3 Å². The highest BCUT2D eigenvalue weighted by Gasteiger charge is 2.10. The summed E-state index contributed by atoms with van der Waals surface area (Å²) in [7, 11) is 1.95. The van der Waals surface area contributed by atoms with E-state index in [9.17, 15) is 4.79 Å². The minimum atomic E-state index is 0.0650. The van der Waals surface area contributed by atoms with Gasteiger partial charge in [-0.3, -0.25) is 4.79 Å². The van der Waals surface area contributed by atoms with Gasteiger partial charge in [-0.05, 0) is 50.7 Å². The van der Waals surface area contributed by atoms with Crippen molar-refractivity contribution in [3.63, 3.8) is 0 Å². The summed E-state index contributed by atoms with van der Waals surface area (Å²) in [4.78, 5) is 12.8. The molecule has 0 aliphatic heterocycles. The van der Waals surface area contributed by atoms with Crippen LogP contribution in [0.3, 0.4) is 0 Å². The molecule has 3 aromatic rings. The van der Waals surface area contributed by atoms with Crippen LogP contribution >= 0.6 is 11.3 Å². The average Bonchev–Trinajstić information content (AvgIpc) is 2.55. The van der Waals surface area contributed by atoms with Gasteiger partial charge in [0.2, 0.25) is 0 Å². The Balaban J connectivity index is 1.97. The lowest BCUT2D eigenvalue weighted by molar-refractivity contribution is 0.310. The minimum absolute atomic E-state index is 0.0650. The summed E-state index contributed by atoms with van der Waals surface area (Å²) in [6.07, 6.45) is 2.04. The van der Waals surface area contributed by atoms with E-state index in [1.165, 1.54) is 0 Å². The molecule has 0 unspecified atom stereocenters. The van der Waals surface area contributed by atoms with Crippen LogP contribution < -0.4 is 15.5 Å². The lowest BCUT2D eigenvalue weighted by Crippen LogP contribution is -2.10. The largest absolute Gasteiger partial charge is 0.493 e. The molecule has 0 aliphatic rings. The Morgan fingerprint density at radius 3 is 2.73 bits per heavy atom. The predicted octanol–water partition coefficient (Wildman–Crippen LogP) is 3.79. The SMILES string of the molecule is CNCCCCOc1cccc2sc3ccccc3c(=O)c12. The fourth-order valence-electron chi connectivity index (χ4n) is 2.52. The molecule has 1 heterocycles. The van der Waals surface area contributed by atoms with Crippen molar-refractivity contribution < 1.29 is 4.74 Å². The molecule has 0 amide bonds. The summed E-state index contributed by atoms with van der Waals surface area (Å²) in [5, 5.41) is 4.60. The number of rotatable bonds is 6. The standard InChI is InChI=1S/C18H19NO2S/c1-19-11-4-5-12-21-14-8-6-10-16-17(14)18(20)13-7-2-3-9-15(13)22-16/h2-3,6-10,19H,4-5,11-12H2,1H3. The van der Waals surface area contributed by atoms with Crippen molar-refractivity contribution in [1.29, 1.82) is 0 Å². The van der Waals surface area contributed by atoms with E-state index in [-0.39, 0.29) is 5.43 Å². The van der Waals surface area contributed by atoms with Crippen LogP contribution in [0.2, 0.25) is 0 Å². The Kier molecular flexibility index (Phi) is 4.71. The lowest BCUT2D eigenvalue weighted by Gasteiger charge is -2.09. The van der Waals surface area contributed by atoms with E-state index in [0.717, 1.165) is 34.2 Å². The Labute approximate surface area is 133 Å². The third-order valence-electron chi connectivity index (χ3n) is 3.65. The molecule has 0 saturated carbocycles. The summed E-state index contributed by atoms with van der Waals surface area (Å²) in [6, 6.07) is 13.6. The van der Waals surface area contributed by atoms with E-state index in [1.54, 1.807) is 11.3 Å². The molecule has 0 saturated heterocycles. The molecule has 22 heavy (non-hydrogen) atoms. The number of hydrogen-bond donors (Lipinski definition) is 1. The Morgan fingerprint density at radius 2 is 1.86 bits per heavy atom. The van der Waals surface area contributed by atoms with Crippen molar-refractivity contribution >= 4 is 31.5 Å². The summed E-state index contributed by atoms with van der Waals surface area (Å²) >= 11 is 1.64. The molecule has 0 atom stereocenters. The first-order valence-corrected chi connectivity index (χ1v) is 8.35. The van der Waals surface area contributed by atoms with Crippen LogP contribution in [0.1, 0.15) is 12.8 Å². The smallest absolute Gasteiger partial charge is 0.199 e. The van der Waals surface area contributed by atoms with Crippen molar-refractivity contribution in [3.05, 3.63) is 52.7 Å². The quantitative estimate of drug-likeness (QED) is 0.556. The summed E-state index contributed by atoms with van der Waals surface area (Å²) < 4.78 is 7.88. The Hall–Kier alpha value is -1.91. The zero-order valence-corrected chi connectivity index (χ0v) is 13.4. The van der Waals surface area contributed by atoms with Gasteiger partial charge in [0, 0.05) is 14.8 Å².